The standard InChI is InChI=1S/C17H24O3/c1-7-10(2)8-13(5)17(19)20-16-12(4)9-11(3)15(18)14(16)6/h8-10,18H,7H2,1-6H3. The van der Waals surface area contributed by atoms with Crippen LogP contribution in [-0.2, 0) is 4.79 Å². The second kappa shape index (κ2) is 6.60. The maximum absolute atomic E-state index is 12.1. The molecule has 3 nitrogen and oxygen atoms in total. The van der Waals surface area contributed by atoms with Gasteiger partial charge in [0.15, 0.2) is 0 Å². The van der Waals surface area contributed by atoms with Gasteiger partial charge in [-0.2, -0.15) is 0 Å². The molecule has 1 aromatic rings. The van der Waals surface area contributed by atoms with Gasteiger partial charge in [0.2, 0.25) is 0 Å². The van der Waals surface area contributed by atoms with Crippen molar-refractivity contribution in [3.8, 4) is 11.5 Å². The summed E-state index contributed by atoms with van der Waals surface area (Å²) in [7, 11) is 0. The Morgan fingerprint density at radius 1 is 1.35 bits per heavy atom. The van der Waals surface area contributed by atoms with Crippen molar-refractivity contribution in [3.63, 3.8) is 0 Å². The first-order valence-corrected chi connectivity index (χ1v) is 6.98. The average Bonchev–Trinajstić information content (AvgIpc) is 2.40. The molecule has 1 aromatic carbocycles. The summed E-state index contributed by atoms with van der Waals surface area (Å²) in [6, 6.07) is 1.82. The fourth-order valence-corrected chi connectivity index (χ4v) is 2.10. The molecule has 110 valence electrons. The van der Waals surface area contributed by atoms with Gasteiger partial charge in [0.05, 0.1) is 0 Å². The molecule has 0 saturated carbocycles. The molecule has 0 bridgehead atoms. The zero-order chi connectivity index (χ0) is 15.4. The number of benzene rings is 1. The summed E-state index contributed by atoms with van der Waals surface area (Å²) in [6.45, 7) is 11.3. The summed E-state index contributed by atoms with van der Waals surface area (Å²) in [5.41, 5.74) is 2.83. The molecule has 0 aliphatic carbocycles. The molecule has 3 heteroatoms. The lowest BCUT2D eigenvalue weighted by molar-refractivity contribution is -0.130. The van der Waals surface area contributed by atoms with Gasteiger partial charge in [-0.1, -0.05) is 26.3 Å². The van der Waals surface area contributed by atoms with Gasteiger partial charge in [-0.25, -0.2) is 4.79 Å². The van der Waals surface area contributed by atoms with Gasteiger partial charge in [-0.05, 0) is 50.8 Å². The Morgan fingerprint density at radius 3 is 2.50 bits per heavy atom. The SMILES string of the molecule is CCC(C)C=C(C)C(=O)Oc1c(C)cc(C)c(O)c1C. The highest BCUT2D eigenvalue weighted by Crippen LogP contribution is 2.33. The van der Waals surface area contributed by atoms with Crippen molar-refractivity contribution in [3.05, 3.63) is 34.4 Å². The molecule has 0 aliphatic heterocycles. The summed E-state index contributed by atoms with van der Waals surface area (Å²) in [6.07, 6.45) is 2.90. The molecular weight excluding hydrogens is 252 g/mol. The van der Waals surface area contributed by atoms with Crippen LogP contribution in [0.15, 0.2) is 17.7 Å². The Morgan fingerprint density at radius 2 is 1.95 bits per heavy atom. The van der Waals surface area contributed by atoms with Crippen molar-refractivity contribution >= 4 is 5.97 Å². The Hall–Kier alpha value is -1.77. The predicted molar refractivity (Wildman–Crippen MR) is 81.2 cm³/mol. The highest BCUT2D eigenvalue weighted by molar-refractivity contribution is 5.90. The van der Waals surface area contributed by atoms with Crippen LogP contribution in [0.25, 0.3) is 0 Å². The normalized spacial score (nSPS) is 13.2. The minimum Gasteiger partial charge on any atom is -0.507 e. The van der Waals surface area contributed by atoms with Gasteiger partial charge >= 0.3 is 5.97 Å². The molecule has 0 aromatic heterocycles. The lowest BCUT2D eigenvalue weighted by Gasteiger charge is -2.14. The van der Waals surface area contributed by atoms with Crippen LogP contribution in [0.1, 0.15) is 43.9 Å². The first-order valence-electron chi connectivity index (χ1n) is 6.98. The van der Waals surface area contributed by atoms with Crippen molar-refractivity contribution in [2.24, 2.45) is 5.92 Å². The molecule has 1 atom stereocenters. The Kier molecular flexibility index (Phi) is 5.37. The molecule has 1 N–H and O–H groups in total. The second-order valence-electron chi connectivity index (χ2n) is 5.44. The van der Waals surface area contributed by atoms with Crippen molar-refractivity contribution in [1.82, 2.24) is 0 Å². The highest BCUT2D eigenvalue weighted by Gasteiger charge is 2.16. The number of aromatic hydroxyl groups is 1. The maximum Gasteiger partial charge on any atom is 0.338 e. The van der Waals surface area contributed by atoms with E-state index >= 15 is 0 Å². The smallest absolute Gasteiger partial charge is 0.338 e. The zero-order valence-electron chi connectivity index (χ0n) is 13.2. The van der Waals surface area contributed by atoms with Gasteiger partial charge < -0.3 is 9.84 Å². The number of esters is 1. The molecular formula is C17H24O3. The number of rotatable bonds is 4. The number of aryl methyl sites for hydroxylation is 2. The fourth-order valence-electron chi connectivity index (χ4n) is 2.10. The number of carbonyl (C=O) groups excluding carboxylic acids is 1. The second-order valence-corrected chi connectivity index (χ2v) is 5.44. The third-order valence-corrected chi connectivity index (χ3v) is 3.56. The molecule has 0 radical (unpaired) electrons. The summed E-state index contributed by atoms with van der Waals surface area (Å²) < 4.78 is 5.45. The minimum atomic E-state index is -0.361. The van der Waals surface area contributed by atoms with Crippen molar-refractivity contribution in [2.45, 2.75) is 48.0 Å². The lowest BCUT2D eigenvalue weighted by Crippen LogP contribution is -2.12. The maximum atomic E-state index is 12.1. The van der Waals surface area contributed by atoms with Crippen LogP contribution in [0.5, 0.6) is 11.5 Å². The minimum absolute atomic E-state index is 0.182. The highest BCUT2D eigenvalue weighted by atomic mass is 16.5. The molecule has 0 spiro atoms. The summed E-state index contributed by atoms with van der Waals surface area (Å²) in [5, 5.41) is 9.94. The summed E-state index contributed by atoms with van der Waals surface area (Å²) in [4.78, 5) is 12.1. The van der Waals surface area contributed by atoms with E-state index in [1.807, 2.05) is 26.0 Å². The molecule has 1 rings (SSSR count). The van der Waals surface area contributed by atoms with E-state index < -0.39 is 0 Å². The van der Waals surface area contributed by atoms with E-state index in [9.17, 15) is 9.90 Å². The molecule has 1 unspecified atom stereocenters. The quantitative estimate of drug-likeness (QED) is 0.509. The first-order chi connectivity index (χ1) is 9.27. The molecule has 0 aliphatic rings. The van der Waals surface area contributed by atoms with Crippen molar-refractivity contribution in [1.29, 1.82) is 0 Å². The predicted octanol–water partition coefficient (Wildman–Crippen LogP) is 4.22. The molecule has 0 saturated heterocycles. The van der Waals surface area contributed by atoms with Gasteiger partial charge in [-0.15, -0.1) is 0 Å². The van der Waals surface area contributed by atoms with E-state index in [1.54, 1.807) is 13.8 Å². The fraction of sp³-hybridized carbons (Fsp3) is 0.471. The number of ether oxygens (including phenoxy) is 1. The van der Waals surface area contributed by atoms with Crippen LogP contribution in [0.4, 0.5) is 0 Å². The Bertz CT molecular complexity index is 542. The van der Waals surface area contributed by atoms with Gasteiger partial charge in [0, 0.05) is 11.1 Å². The number of carbonyl (C=O) groups is 1. The van der Waals surface area contributed by atoms with E-state index in [-0.39, 0.29) is 11.7 Å². The number of phenolic OH excluding ortho intramolecular Hbond substituents is 1. The molecule has 0 fully saturated rings. The van der Waals surface area contributed by atoms with Crippen LogP contribution >= 0.6 is 0 Å². The van der Waals surface area contributed by atoms with Crippen LogP contribution in [-0.4, -0.2) is 11.1 Å². The largest absolute Gasteiger partial charge is 0.507 e. The van der Waals surface area contributed by atoms with Gasteiger partial charge in [0.1, 0.15) is 11.5 Å². The van der Waals surface area contributed by atoms with E-state index in [4.69, 9.17) is 4.74 Å². The third kappa shape index (κ3) is 3.62. The topological polar surface area (TPSA) is 46.5 Å². The number of phenols is 1. The lowest BCUT2D eigenvalue weighted by atomic mass is 10.0. The van der Waals surface area contributed by atoms with Crippen LogP contribution < -0.4 is 4.74 Å². The van der Waals surface area contributed by atoms with Crippen LogP contribution in [0.2, 0.25) is 0 Å². The summed E-state index contributed by atoms with van der Waals surface area (Å²) in [5.74, 6) is 0.618. The van der Waals surface area contributed by atoms with Gasteiger partial charge in [-0.3, -0.25) is 0 Å². The first kappa shape index (κ1) is 16.3. The number of hydrogen-bond acceptors (Lipinski definition) is 3. The number of allylic oxidation sites excluding steroid dienone is 1. The Labute approximate surface area is 121 Å². The van der Waals surface area contributed by atoms with Crippen LogP contribution in [0.3, 0.4) is 0 Å². The van der Waals surface area contributed by atoms with Gasteiger partial charge in [0.25, 0.3) is 0 Å². The van der Waals surface area contributed by atoms with E-state index in [0.29, 0.717) is 22.8 Å². The third-order valence-electron chi connectivity index (χ3n) is 3.56. The average molecular weight is 276 g/mol. The molecule has 0 amide bonds. The Balaban J connectivity index is 3.03. The molecule has 20 heavy (non-hydrogen) atoms. The number of hydrogen-bond donors (Lipinski definition) is 1. The zero-order valence-corrected chi connectivity index (χ0v) is 13.2. The monoisotopic (exact) mass is 276 g/mol. The molecule has 0 heterocycles. The van der Waals surface area contributed by atoms with Crippen molar-refractivity contribution in [2.75, 3.05) is 0 Å². The van der Waals surface area contributed by atoms with Crippen LogP contribution in [0, 0.1) is 26.7 Å². The van der Waals surface area contributed by atoms with E-state index in [0.717, 1.165) is 17.5 Å². The van der Waals surface area contributed by atoms with E-state index in [1.165, 1.54) is 0 Å². The van der Waals surface area contributed by atoms with E-state index in [2.05, 4.69) is 13.8 Å². The van der Waals surface area contributed by atoms with Crippen molar-refractivity contribution < 1.29 is 14.6 Å². The summed E-state index contributed by atoms with van der Waals surface area (Å²) >= 11 is 0.